The number of nitrogens with one attached hydrogen (secondary N) is 1. The van der Waals surface area contributed by atoms with Gasteiger partial charge in [-0.05, 0) is 37.6 Å². The zero-order chi connectivity index (χ0) is 20.8. The number of hydrogen-bond acceptors (Lipinski definition) is 4. The Morgan fingerprint density at radius 1 is 1.21 bits per heavy atom. The zero-order valence-electron chi connectivity index (χ0n) is 16.1. The number of alkyl halides is 2. The summed E-state index contributed by atoms with van der Waals surface area (Å²) in [5.41, 5.74) is 3.03. The Hall–Kier alpha value is -3.42. The molecule has 0 radical (unpaired) electrons. The summed E-state index contributed by atoms with van der Waals surface area (Å²) in [6.45, 7) is 1.57. The maximum Gasteiger partial charge on any atom is 0.387 e. The van der Waals surface area contributed by atoms with Crippen molar-refractivity contribution in [2.24, 2.45) is 0 Å². The standard InChI is InChI=1S/C21H21F2N3O3/c1-3-28-19-10-16(7-8-18(19)29-21(22)23)20(27)25-17-11-24-26(13-17)12-15-6-4-5-14(2)9-15/h4-11,13,21H,3,12H2,1-2H3,(H,25,27). The van der Waals surface area contributed by atoms with Gasteiger partial charge in [-0.3, -0.25) is 9.48 Å². The van der Waals surface area contributed by atoms with Crippen LogP contribution in [-0.4, -0.2) is 28.9 Å². The summed E-state index contributed by atoms with van der Waals surface area (Å²) >= 11 is 0. The summed E-state index contributed by atoms with van der Waals surface area (Å²) in [5, 5.41) is 6.99. The van der Waals surface area contributed by atoms with E-state index in [-0.39, 0.29) is 23.7 Å². The van der Waals surface area contributed by atoms with Crippen molar-refractivity contribution in [2.75, 3.05) is 11.9 Å². The third kappa shape index (κ3) is 5.54. The Kier molecular flexibility index (Phi) is 6.43. The molecule has 0 spiro atoms. The smallest absolute Gasteiger partial charge is 0.387 e. The molecule has 3 rings (SSSR count). The van der Waals surface area contributed by atoms with E-state index in [4.69, 9.17) is 4.74 Å². The first-order valence-corrected chi connectivity index (χ1v) is 9.05. The second kappa shape index (κ2) is 9.18. The van der Waals surface area contributed by atoms with Gasteiger partial charge in [0.15, 0.2) is 11.5 Å². The summed E-state index contributed by atoms with van der Waals surface area (Å²) in [5.74, 6) is -0.454. The highest BCUT2D eigenvalue weighted by atomic mass is 19.3. The van der Waals surface area contributed by atoms with Crippen molar-refractivity contribution in [2.45, 2.75) is 27.0 Å². The Morgan fingerprint density at radius 3 is 2.76 bits per heavy atom. The summed E-state index contributed by atoms with van der Waals surface area (Å²) in [6, 6.07) is 12.1. The van der Waals surface area contributed by atoms with Crippen molar-refractivity contribution in [3.8, 4) is 11.5 Å². The molecule has 0 saturated carbocycles. The molecule has 0 aliphatic heterocycles. The Labute approximate surface area is 167 Å². The molecule has 1 heterocycles. The van der Waals surface area contributed by atoms with E-state index >= 15 is 0 Å². The molecule has 8 heteroatoms. The third-order valence-electron chi connectivity index (χ3n) is 4.04. The van der Waals surface area contributed by atoms with Gasteiger partial charge in [0, 0.05) is 11.8 Å². The van der Waals surface area contributed by atoms with E-state index in [0.717, 1.165) is 11.1 Å². The minimum atomic E-state index is -2.98. The van der Waals surface area contributed by atoms with E-state index in [1.807, 2.05) is 25.1 Å². The fraction of sp³-hybridized carbons (Fsp3) is 0.238. The molecular formula is C21H21F2N3O3. The van der Waals surface area contributed by atoms with Gasteiger partial charge in [-0.1, -0.05) is 29.8 Å². The number of carbonyl (C=O) groups is 1. The molecule has 0 aliphatic rings. The summed E-state index contributed by atoms with van der Waals surface area (Å²) in [6.07, 6.45) is 3.27. The molecule has 1 N–H and O–H groups in total. The van der Waals surface area contributed by atoms with Gasteiger partial charge < -0.3 is 14.8 Å². The molecule has 0 atom stereocenters. The Morgan fingerprint density at radius 2 is 2.03 bits per heavy atom. The van der Waals surface area contributed by atoms with Crippen LogP contribution in [0.3, 0.4) is 0 Å². The monoisotopic (exact) mass is 401 g/mol. The normalized spacial score (nSPS) is 10.8. The number of rotatable bonds is 8. The predicted octanol–water partition coefficient (Wildman–Crippen LogP) is 4.49. The van der Waals surface area contributed by atoms with Crippen LogP contribution in [0.4, 0.5) is 14.5 Å². The number of amides is 1. The number of aryl methyl sites for hydroxylation is 1. The van der Waals surface area contributed by atoms with Gasteiger partial charge in [0.05, 0.1) is 25.0 Å². The molecule has 152 valence electrons. The highest BCUT2D eigenvalue weighted by Crippen LogP contribution is 2.30. The van der Waals surface area contributed by atoms with Gasteiger partial charge in [-0.25, -0.2) is 0 Å². The van der Waals surface area contributed by atoms with Crippen molar-refractivity contribution in [1.82, 2.24) is 9.78 Å². The molecule has 0 bridgehead atoms. The van der Waals surface area contributed by atoms with Crippen LogP contribution in [0.5, 0.6) is 11.5 Å². The van der Waals surface area contributed by atoms with E-state index in [2.05, 4.69) is 21.2 Å². The van der Waals surface area contributed by atoms with Gasteiger partial charge in [0.2, 0.25) is 0 Å². The van der Waals surface area contributed by atoms with Crippen molar-refractivity contribution in [3.63, 3.8) is 0 Å². The number of anilines is 1. The minimum Gasteiger partial charge on any atom is -0.490 e. The van der Waals surface area contributed by atoms with E-state index in [1.165, 1.54) is 18.2 Å². The SMILES string of the molecule is CCOc1cc(C(=O)Nc2cnn(Cc3cccc(C)c3)c2)ccc1OC(F)F. The number of hydrogen-bond donors (Lipinski definition) is 1. The number of carbonyl (C=O) groups excluding carboxylic acids is 1. The van der Waals surface area contributed by atoms with E-state index in [9.17, 15) is 13.6 Å². The van der Waals surface area contributed by atoms with Crippen LogP contribution in [0.15, 0.2) is 54.9 Å². The molecule has 2 aromatic carbocycles. The number of aromatic nitrogens is 2. The second-order valence-corrected chi connectivity index (χ2v) is 6.34. The van der Waals surface area contributed by atoms with E-state index in [1.54, 1.807) is 24.0 Å². The van der Waals surface area contributed by atoms with Crippen LogP contribution >= 0.6 is 0 Å². The van der Waals surface area contributed by atoms with Crippen LogP contribution in [0, 0.1) is 6.92 Å². The van der Waals surface area contributed by atoms with Gasteiger partial charge in [0.25, 0.3) is 5.91 Å². The van der Waals surface area contributed by atoms with Gasteiger partial charge in [-0.15, -0.1) is 0 Å². The Balaban J connectivity index is 1.70. The molecule has 0 aliphatic carbocycles. The average molecular weight is 401 g/mol. The van der Waals surface area contributed by atoms with Crippen LogP contribution in [0.25, 0.3) is 0 Å². The molecular weight excluding hydrogens is 380 g/mol. The summed E-state index contributed by atoms with van der Waals surface area (Å²) in [7, 11) is 0. The highest BCUT2D eigenvalue weighted by molar-refractivity contribution is 6.04. The maximum absolute atomic E-state index is 12.5. The van der Waals surface area contributed by atoms with Gasteiger partial charge >= 0.3 is 6.61 Å². The number of nitrogens with zero attached hydrogens (tertiary/aromatic N) is 2. The molecule has 0 fully saturated rings. The topological polar surface area (TPSA) is 65.4 Å². The second-order valence-electron chi connectivity index (χ2n) is 6.34. The van der Waals surface area contributed by atoms with Crippen molar-refractivity contribution in [3.05, 3.63) is 71.5 Å². The molecule has 29 heavy (non-hydrogen) atoms. The van der Waals surface area contributed by atoms with Crippen molar-refractivity contribution < 1.29 is 23.0 Å². The first-order chi connectivity index (χ1) is 13.9. The van der Waals surface area contributed by atoms with E-state index in [0.29, 0.717) is 12.2 Å². The first kappa shape index (κ1) is 20.3. The maximum atomic E-state index is 12.5. The predicted molar refractivity (Wildman–Crippen MR) is 105 cm³/mol. The van der Waals surface area contributed by atoms with Crippen LogP contribution < -0.4 is 14.8 Å². The lowest BCUT2D eigenvalue weighted by molar-refractivity contribution is -0.0514. The largest absolute Gasteiger partial charge is 0.490 e. The lowest BCUT2D eigenvalue weighted by Gasteiger charge is -2.12. The quantitative estimate of drug-likeness (QED) is 0.604. The average Bonchev–Trinajstić information content (AvgIpc) is 3.09. The van der Waals surface area contributed by atoms with Gasteiger partial charge in [0.1, 0.15) is 0 Å². The van der Waals surface area contributed by atoms with Crippen LogP contribution in [0.2, 0.25) is 0 Å². The van der Waals surface area contributed by atoms with Crippen molar-refractivity contribution in [1.29, 1.82) is 0 Å². The third-order valence-corrected chi connectivity index (χ3v) is 4.04. The van der Waals surface area contributed by atoms with Crippen LogP contribution in [-0.2, 0) is 6.54 Å². The Bertz CT molecular complexity index is 989. The van der Waals surface area contributed by atoms with Crippen LogP contribution in [0.1, 0.15) is 28.4 Å². The molecule has 6 nitrogen and oxygen atoms in total. The lowest BCUT2D eigenvalue weighted by Crippen LogP contribution is -2.12. The number of halogens is 2. The van der Waals surface area contributed by atoms with Gasteiger partial charge in [-0.2, -0.15) is 13.9 Å². The first-order valence-electron chi connectivity index (χ1n) is 9.05. The molecule has 1 aromatic heterocycles. The molecule has 0 saturated heterocycles. The van der Waals surface area contributed by atoms with Crippen molar-refractivity contribution >= 4 is 11.6 Å². The summed E-state index contributed by atoms with van der Waals surface area (Å²) in [4.78, 5) is 12.5. The number of ether oxygens (including phenoxy) is 2. The number of benzene rings is 2. The lowest BCUT2D eigenvalue weighted by atomic mass is 10.1. The minimum absolute atomic E-state index is 0.0793. The molecule has 0 unspecified atom stereocenters. The summed E-state index contributed by atoms with van der Waals surface area (Å²) < 4.78 is 36.4. The molecule has 1 amide bonds. The molecule has 3 aromatic rings. The van der Waals surface area contributed by atoms with E-state index < -0.39 is 12.5 Å². The fourth-order valence-electron chi connectivity index (χ4n) is 2.83. The highest BCUT2D eigenvalue weighted by Gasteiger charge is 2.15. The fourth-order valence-corrected chi connectivity index (χ4v) is 2.83. The zero-order valence-corrected chi connectivity index (χ0v) is 16.1.